The number of esters is 1. The van der Waals surface area contributed by atoms with Gasteiger partial charge in [-0.1, -0.05) is 11.6 Å². The summed E-state index contributed by atoms with van der Waals surface area (Å²) in [5.74, 6) is 0.167. The van der Waals surface area contributed by atoms with Crippen molar-refractivity contribution >= 4 is 23.5 Å². The number of carbonyl (C=O) groups is 2. The molecule has 0 heterocycles. The lowest BCUT2D eigenvalue weighted by Gasteiger charge is -2.22. The number of methoxy groups -OCH3 is 1. The Balaban J connectivity index is 1.83. The quantitative estimate of drug-likeness (QED) is 0.725. The maximum absolute atomic E-state index is 12.2. The number of nitrogens with zero attached hydrogens (tertiary/aromatic N) is 1. The van der Waals surface area contributed by atoms with Crippen molar-refractivity contribution in [1.29, 1.82) is 0 Å². The van der Waals surface area contributed by atoms with E-state index in [0.717, 1.165) is 12.8 Å². The third kappa shape index (κ3) is 4.93. The predicted octanol–water partition coefficient (Wildman–Crippen LogP) is 2.27. The molecule has 21 heavy (non-hydrogen) atoms. The summed E-state index contributed by atoms with van der Waals surface area (Å²) in [7, 11) is 1.34. The molecule has 1 amide bonds. The van der Waals surface area contributed by atoms with E-state index in [4.69, 9.17) is 16.3 Å². The van der Waals surface area contributed by atoms with Crippen molar-refractivity contribution in [2.75, 3.05) is 20.3 Å². The number of ether oxygens (including phenoxy) is 2. The van der Waals surface area contributed by atoms with Gasteiger partial charge in [0.2, 0.25) is 0 Å². The number of rotatable bonds is 7. The van der Waals surface area contributed by atoms with Gasteiger partial charge in [0.15, 0.2) is 6.61 Å². The SMILES string of the molecule is COC(=O)CCN(C(=O)COc1ccc(Cl)cc1)C1CC1. The molecule has 0 radical (unpaired) electrons. The minimum atomic E-state index is -0.313. The zero-order valence-electron chi connectivity index (χ0n) is 11.9. The van der Waals surface area contributed by atoms with E-state index in [-0.39, 0.29) is 30.9 Å². The first-order chi connectivity index (χ1) is 10.1. The van der Waals surface area contributed by atoms with Crippen LogP contribution in [0, 0.1) is 0 Å². The molecule has 1 aromatic rings. The molecule has 6 heteroatoms. The molecule has 1 aliphatic carbocycles. The van der Waals surface area contributed by atoms with Gasteiger partial charge >= 0.3 is 5.97 Å². The molecule has 0 aromatic heterocycles. The Morgan fingerprint density at radius 3 is 2.52 bits per heavy atom. The van der Waals surface area contributed by atoms with Crippen LogP contribution in [-0.4, -0.2) is 43.1 Å². The van der Waals surface area contributed by atoms with E-state index in [2.05, 4.69) is 4.74 Å². The van der Waals surface area contributed by atoms with Crippen LogP contribution in [0.5, 0.6) is 5.75 Å². The van der Waals surface area contributed by atoms with Gasteiger partial charge in [-0.25, -0.2) is 0 Å². The van der Waals surface area contributed by atoms with Crippen molar-refractivity contribution in [2.24, 2.45) is 0 Å². The van der Waals surface area contributed by atoms with Crippen LogP contribution < -0.4 is 4.74 Å². The normalized spacial score (nSPS) is 13.6. The Morgan fingerprint density at radius 1 is 1.29 bits per heavy atom. The Kier molecular flexibility index (Phi) is 5.44. The molecule has 2 rings (SSSR count). The highest BCUT2D eigenvalue weighted by atomic mass is 35.5. The molecule has 0 N–H and O–H groups in total. The number of amides is 1. The van der Waals surface area contributed by atoms with Crippen molar-refractivity contribution < 1.29 is 19.1 Å². The van der Waals surface area contributed by atoms with Crippen LogP contribution >= 0.6 is 11.6 Å². The molecule has 5 nitrogen and oxygen atoms in total. The molecule has 1 fully saturated rings. The monoisotopic (exact) mass is 311 g/mol. The second kappa shape index (κ2) is 7.31. The Morgan fingerprint density at radius 2 is 1.95 bits per heavy atom. The minimum Gasteiger partial charge on any atom is -0.484 e. The van der Waals surface area contributed by atoms with Crippen LogP contribution in [0.15, 0.2) is 24.3 Å². The van der Waals surface area contributed by atoms with Crippen LogP contribution in [0.2, 0.25) is 5.02 Å². The zero-order valence-corrected chi connectivity index (χ0v) is 12.6. The first-order valence-corrected chi connectivity index (χ1v) is 7.22. The lowest BCUT2D eigenvalue weighted by Crippen LogP contribution is -2.38. The van der Waals surface area contributed by atoms with Gasteiger partial charge in [-0.15, -0.1) is 0 Å². The Hall–Kier alpha value is -1.75. The van der Waals surface area contributed by atoms with Crippen molar-refractivity contribution in [3.8, 4) is 5.75 Å². The number of hydrogen-bond acceptors (Lipinski definition) is 4. The van der Waals surface area contributed by atoms with Gasteiger partial charge in [-0.2, -0.15) is 0 Å². The van der Waals surface area contributed by atoms with E-state index in [1.807, 2.05) is 0 Å². The van der Waals surface area contributed by atoms with Gasteiger partial charge in [0.25, 0.3) is 5.91 Å². The Bertz CT molecular complexity index is 499. The summed E-state index contributed by atoms with van der Waals surface area (Å²) in [6, 6.07) is 7.07. The van der Waals surface area contributed by atoms with Gasteiger partial charge in [0, 0.05) is 17.6 Å². The number of carbonyl (C=O) groups excluding carboxylic acids is 2. The molecular formula is C15H18ClNO4. The van der Waals surface area contributed by atoms with Gasteiger partial charge in [0.1, 0.15) is 5.75 Å². The van der Waals surface area contributed by atoms with Crippen LogP contribution in [0.4, 0.5) is 0 Å². The fourth-order valence-corrected chi connectivity index (χ4v) is 2.10. The largest absolute Gasteiger partial charge is 0.484 e. The predicted molar refractivity (Wildman–Crippen MR) is 78.3 cm³/mol. The van der Waals surface area contributed by atoms with Crippen molar-refractivity contribution in [2.45, 2.75) is 25.3 Å². The number of hydrogen-bond donors (Lipinski definition) is 0. The maximum atomic E-state index is 12.2. The van der Waals surface area contributed by atoms with E-state index >= 15 is 0 Å². The molecular weight excluding hydrogens is 294 g/mol. The van der Waals surface area contributed by atoms with Crippen molar-refractivity contribution in [3.05, 3.63) is 29.3 Å². The molecule has 0 spiro atoms. The smallest absolute Gasteiger partial charge is 0.307 e. The molecule has 0 bridgehead atoms. The highest BCUT2D eigenvalue weighted by molar-refractivity contribution is 6.30. The van der Waals surface area contributed by atoms with Crippen LogP contribution in [0.3, 0.4) is 0 Å². The summed E-state index contributed by atoms with van der Waals surface area (Å²) in [5, 5.41) is 0.617. The topological polar surface area (TPSA) is 55.8 Å². The second-order valence-corrected chi connectivity index (χ2v) is 5.32. The van der Waals surface area contributed by atoms with Gasteiger partial charge in [0.05, 0.1) is 13.5 Å². The number of halogens is 1. The Labute approximate surface area is 128 Å². The van der Waals surface area contributed by atoms with E-state index in [0.29, 0.717) is 17.3 Å². The summed E-state index contributed by atoms with van der Waals surface area (Å²) < 4.78 is 10.0. The van der Waals surface area contributed by atoms with E-state index < -0.39 is 0 Å². The van der Waals surface area contributed by atoms with Crippen molar-refractivity contribution in [3.63, 3.8) is 0 Å². The second-order valence-electron chi connectivity index (χ2n) is 4.89. The van der Waals surface area contributed by atoms with Gasteiger partial charge in [-0.05, 0) is 37.1 Å². The fraction of sp³-hybridized carbons (Fsp3) is 0.467. The highest BCUT2D eigenvalue weighted by Gasteiger charge is 2.32. The number of benzene rings is 1. The summed E-state index contributed by atoms with van der Waals surface area (Å²) in [6.07, 6.45) is 2.17. The van der Waals surface area contributed by atoms with E-state index in [9.17, 15) is 9.59 Å². The van der Waals surface area contributed by atoms with Crippen LogP contribution in [-0.2, 0) is 14.3 Å². The molecule has 1 saturated carbocycles. The fourth-order valence-electron chi connectivity index (χ4n) is 1.97. The average Bonchev–Trinajstić information content (AvgIpc) is 3.31. The summed E-state index contributed by atoms with van der Waals surface area (Å²) in [5.41, 5.74) is 0. The van der Waals surface area contributed by atoms with Crippen LogP contribution in [0.1, 0.15) is 19.3 Å². The molecule has 0 unspecified atom stereocenters. The highest BCUT2D eigenvalue weighted by Crippen LogP contribution is 2.27. The lowest BCUT2D eigenvalue weighted by atomic mass is 10.3. The zero-order chi connectivity index (χ0) is 15.2. The van der Waals surface area contributed by atoms with E-state index in [1.54, 1.807) is 29.2 Å². The van der Waals surface area contributed by atoms with Crippen molar-refractivity contribution in [1.82, 2.24) is 4.90 Å². The molecule has 0 atom stereocenters. The molecule has 0 saturated heterocycles. The standard InChI is InChI=1S/C15H18ClNO4/c1-20-15(19)8-9-17(12-4-5-12)14(18)10-21-13-6-2-11(16)3-7-13/h2-3,6-7,12H,4-5,8-10H2,1H3. The average molecular weight is 312 g/mol. The third-order valence-corrected chi connectivity index (χ3v) is 3.52. The maximum Gasteiger partial charge on any atom is 0.307 e. The van der Waals surface area contributed by atoms with Crippen LogP contribution in [0.25, 0.3) is 0 Å². The van der Waals surface area contributed by atoms with Gasteiger partial charge in [-0.3, -0.25) is 9.59 Å². The first-order valence-electron chi connectivity index (χ1n) is 6.85. The van der Waals surface area contributed by atoms with E-state index in [1.165, 1.54) is 7.11 Å². The first kappa shape index (κ1) is 15.6. The molecule has 1 aromatic carbocycles. The third-order valence-electron chi connectivity index (χ3n) is 3.27. The minimum absolute atomic E-state index is 0.0424. The lowest BCUT2D eigenvalue weighted by molar-refractivity contribution is -0.142. The molecule has 1 aliphatic rings. The molecule has 114 valence electrons. The molecule has 0 aliphatic heterocycles. The summed E-state index contributed by atoms with van der Waals surface area (Å²) in [6.45, 7) is 0.333. The summed E-state index contributed by atoms with van der Waals surface area (Å²) >= 11 is 5.78. The summed E-state index contributed by atoms with van der Waals surface area (Å²) in [4.78, 5) is 25.1. The van der Waals surface area contributed by atoms with Gasteiger partial charge < -0.3 is 14.4 Å².